The van der Waals surface area contributed by atoms with Crippen LogP contribution >= 0.6 is 11.3 Å². The van der Waals surface area contributed by atoms with E-state index in [1.54, 1.807) is 4.88 Å². The summed E-state index contributed by atoms with van der Waals surface area (Å²) in [5.74, 6) is 0. The first-order valence-electron chi connectivity index (χ1n) is 7.11. The molecule has 1 saturated heterocycles. The molecule has 2 aliphatic rings. The van der Waals surface area contributed by atoms with Crippen molar-refractivity contribution in [3.05, 3.63) is 15.6 Å². The topological polar surface area (TPSA) is 24.9 Å². The molecular weight excluding hydrogens is 240 g/mol. The van der Waals surface area contributed by atoms with E-state index in [0.29, 0.717) is 16.9 Å². The first-order valence-corrected chi connectivity index (χ1v) is 7.93. The van der Waals surface area contributed by atoms with Gasteiger partial charge >= 0.3 is 0 Å². The van der Waals surface area contributed by atoms with E-state index in [2.05, 4.69) is 33.0 Å². The average Bonchev–Trinajstić information content (AvgIpc) is 2.79. The molecule has 1 aromatic heterocycles. The fourth-order valence-electron chi connectivity index (χ4n) is 3.86. The van der Waals surface area contributed by atoms with E-state index in [4.69, 9.17) is 4.98 Å². The summed E-state index contributed by atoms with van der Waals surface area (Å²) in [6.07, 6.45) is 4.97. The zero-order valence-electron chi connectivity index (χ0n) is 12.0. The van der Waals surface area contributed by atoms with Gasteiger partial charge in [-0.3, -0.25) is 0 Å². The molecule has 0 radical (unpaired) electrons. The molecule has 3 rings (SSSR count). The van der Waals surface area contributed by atoms with Crippen LogP contribution in [-0.4, -0.2) is 11.5 Å². The molecule has 2 heterocycles. The lowest BCUT2D eigenvalue weighted by Crippen LogP contribution is -2.33. The van der Waals surface area contributed by atoms with Crippen molar-refractivity contribution >= 4 is 11.3 Å². The molecule has 2 nitrogen and oxygen atoms in total. The second kappa shape index (κ2) is 4.04. The smallest absolute Gasteiger partial charge is 0.110 e. The lowest BCUT2D eigenvalue weighted by molar-refractivity contribution is 0.232. The number of nitrogens with zero attached hydrogens (tertiary/aromatic N) is 1. The van der Waals surface area contributed by atoms with Crippen LogP contribution in [0, 0.1) is 5.41 Å². The number of hydrogen-bond acceptors (Lipinski definition) is 3. The van der Waals surface area contributed by atoms with E-state index in [9.17, 15) is 0 Å². The van der Waals surface area contributed by atoms with Crippen LogP contribution in [0.3, 0.4) is 0 Å². The van der Waals surface area contributed by atoms with Crippen LogP contribution in [0.5, 0.6) is 0 Å². The van der Waals surface area contributed by atoms with Gasteiger partial charge in [-0.05, 0) is 37.6 Å². The highest BCUT2D eigenvalue weighted by Gasteiger charge is 2.40. The molecule has 1 atom stereocenters. The second-order valence-corrected chi connectivity index (χ2v) is 8.41. The largest absolute Gasteiger partial charge is 0.308 e. The Kier molecular flexibility index (Phi) is 2.83. The second-order valence-electron chi connectivity index (χ2n) is 7.38. The lowest BCUT2D eigenvalue weighted by atomic mass is 9.67. The van der Waals surface area contributed by atoms with Gasteiger partial charge in [-0.1, -0.05) is 27.7 Å². The van der Waals surface area contributed by atoms with Crippen LogP contribution in [0.15, 0.2) is 0 Å². The summed E-state index contributed by atoms with van der Waals surface area (Å²) in [5, 5.41) is 4.91. The third kappa shape index (κ3) is 2.12. The molecule has 1 unspecified atom stereocenters. The molecular formula is C15H24N2S. The van der Waals surface area contributed by atoms with Gasteiger partial charge in [0.2, 0.25) is 0 Å². The molecule has 0 amide bonds. The van der Waals surface area contributed by atoms with E-state index >= 15 is 0 Å². The molecule has 1 aliphatic heterocycles. The monoisotopic (exact) mass is 264 g/mol. The van der Waals surface area contributed by atoms with E-state index in [0.717, 1.165) is 13.0 Å². The van der Waals surface area contributed by atoms with Crippen molar-refractivity contribution in [2.75, 3.05) is 6.54 Å². The summed E-state index contributed by atoms with van der Waals surface area (Å²) >= 11 is 1.97. The molecule has 100 valence electrons. The highest BCUT2D eigenvalue weighted by atomic mass is 32.1. The Balaban J connectivity index is 1.98. The third-order valence-electron chi connectivity index (χ3n) is 4.25. The Labute approximate surface area is 114 Å². The van der Waals surface area contributed by atoms with Crippen LogP contribution in [0.4, 0.5) is 0 Å². The number of nitrogens with one attached hydrogen (secondary N) is 1. The fraction of sp³-hybridized carbons (Fsp3) is 0.800. The van der Waals surface area contributed by atoms with Crippen molar-refractivity contribution in [2.45, 2.75) is 64.8 Å². The van der Waals surface area contributed by atoms with Gasteiger partial charge in [0, 0.05) is 10.3 Å². The summed E-state index contributed by atoms with van der Waals surface area (Å²) in [6.45, 7) is 10.7. The molecule has 1 fully saturated rings. The van der Waals surface area contributed by atoms with Crippen molar-refractivity contribution < 1.29 is 0 Å². The number of thiazole rings is 1. The van der Waals surface area contributed by atoms with Crippen molar-refractivity contribution in [3.63, 3.8) is 0 Å². The number of fused-ring (bicyclic) bond motifs is 1. The molecule has 0 aromatic carbocycles. The van der Waals surface area contributed by atoms with Crippen LogP contribution < -0.4 is 5.32 Å². The third-order valence-corrected chi connectivity index (χ3v) is 5.83. The average molecular weight is 264 g/mol. The SMILES string of the molecule is CC1(C)Cc2nc(C3CCCN3)sc2C(C)(C)C1. The van der Waals surface area contributed by atoms with Crippen molar-refractivity contribution in [1.82, 2.24) is 10.3 Å². The molecule has 3 heteroatoms. The van der Waals surface area contributed by atoms with Gasteiger partial charge in [0.1, 0.15) is 5.01 Å². The lowest BCUT2D eigenvalue weighted by Gasteiger charge is -2.39. The number of aromatic nitrogens is 1. The maximum Gasteiger partial charge on any atom is 0.110 e. The number of hydrogen-bond donors (Lipinski definition) is 1. The Morgan fingerprint density at radius 2 is 2.06 bits per heavy atom. The summed E-state index contributed by atoms with van der Waals surface area (Å²) in [6, 6.07) is 0.527. The molecule has 1 aliphatic carbocycles. The van der Waals surface area contributed by atoms with Crippen LogP contribution in [0.1, 0.15) is 68.6 Å². The van der Waals surface area contributed by atoms with Crippen molar-refractivity contribution in [2.24, 2.45) is 5.41 Å². The van der Waals surface area contributed by atoms with Gasteiger partial charge in [-0.2, -0.15) is 0 Å². The van der Waals surface area contributed by atoms with Gasteiger partial charge < -0.3 is 5.32 Å². The minimum absolute atomic E-state index is 0.297. The zero-order chi connectivity index (χ0) is 13.0. The molecule has 0 spiro atoms. The maximum absolute atomic E-state index is 4.98. The van der Waals surface area contributed by atoms with E-state index < -0.39 is 0 Å². The summed E-state index contributed by atoms with van der Waals surface area (Å²) in [5.41, 5.74) is 2.07. The Morgan fingerprint density at radius 3 is 2.72 bits per heavy atom. The Hall–Kier alpha value is -0.410. The normalized spacial score (nSPS) is 29.2. The number of rotatable bonds is 1. The molecule has 0 saturated carbocycles. The molecule has 1 N–H and O–H groups in total. The van der Waals surface area contributed by atoms with Crippen molar-refractivity contribution in [3.8, 4) is 0 Å². The first-order chi connectivity index (χ1) is 8.37. The summed E-state index contributed by atoms with van der Waals surface area (Å²) < 4.78 is 0. The minimum Gasteiger partial charge on any atom is -0.308 e. The van der Waals surface area contributed by atoms with Gasteiger partial charge in [-0.15, -0.1) is 11.3 Å². The van der Waals surface area contributed by atoms with Crippen LogP contribution in [-0.2, 0) is 11.8 Å². The molecule has 0 bridgehead atoms. The summed E-state index contributed by atoms with van der Waals surface area (Å²) in [7, 11) is 0. The molecule has 18 heavy (non-hydrogen) atoms. The van der Waals surface area contributed by atoms with Crippen LogP contribution in [0.2, 0.25) is 0 Å². The highest BCUT2D eigenvalue weighted by Crippen LogP contribution is 2.48. The van der Waals surface area contributed by atoms with Gasteiger partial charge in [0.05, 0.1) is 11.7 Å². The fourth-order valence-corrected chi connectivity index (χ4v) is 5.15. The Bertz CT molecular complexity index is 453. The van der Waals surface area contributed by atoms with E-state index in [1.165, 1.54) is 30.0 Å². The Morgan fingerprint density at radius 1 is 1.28 bits per heavy atom. The highest BCUT2D eigenvalue weighted by molar-refractivity contribution is 7.12. The quantitative estimate of drug-likeness (QED) is 0.834. The van der Waals surface area contributed by atoms with Crippen LogP contribution in [0.25, 0.3) is 0 Å². The summed E-state index contributed by atoms with van der Waals surface area (Å²) in [4.78, 5) is 6.53. The standard InChI is InChI=1S/C15H24N2S/c1-14(2)8-11-12(15(3,4)9-14)18-13(17-11)10-6-5-7-16-10/h10,16H,5-9H2,1-4H3. The predicted octanol–water partition coefficient (Wildman–Crippen LogP) is 3.82. The van der Waals surface area contributed by atoms with E-state index in [1.807, 2.05) is 11.3 Å². The van der Waals surface area contributed by atoms with Crippen molar-refractivity contribution in [1.29, 1.82) is 0 Å². The van der Waals surface area contributed by atoms with Gasteiger partial charge in [0.15, 0.2) is 0 Å². The van der Waals surface area contributed by atoms with E-state index in [-0.39, 0.29) is 0 Å². The van der Waals surface area contributed by atoms with Gasteiger partial charge in [0.25, 0.3) is 0 Å². The predicted molar refractivity (Wildman–Crippen MR) is 77.2 cm³/mol. The maximum atomic E-state index is 4.98. The first kappa shape index (κ1) is 12.6. The molecule has 1 aromatic rings. The minimum atomic E-state index is 0.297. The zero-order valence-corrected chi connectivity index (χ0v) is 12.8. The van der Waals surface area contributed by atoms with Gasteiger partial charge in [-0.25, -0.2) is 4.98 Å².